The highest BCUT2D eigenvalue weighted by molar-refractivity contribution is 5.96. The molecule has 0 unspecified atom stereocenters. The van der Waals surface area contributed by atoms with Crippen molar-refractivity contribution < 1.29 is 53.1 Å². The Morgan fingerprint density at radius 1 is 0.528 bits per heavy atom. The van der Waals surface area contributed by atoms with Crippen LogP contribution in [0.2, 0.25) is 0 Å². The molecule has 0 aliphatic carbocycles. The standard InChI is InChI=1S/C32H56N10O11/c1-14(2)11-21(30(50)40-19(8)32(52)53)41-24(45)13-35-26(46)16(5)38-27(47)17(6)37-23(44)12-36-29(49)20(9-10-22(33)43)42-28(48)18(7)39-31(51)25(34)15(3)4/h14-21,25H,9-13,34H2,1-8H3,(H2,33,43)(H,35,46)(H,36,49)(H,37,44)(H,38,47)(H,39,51)(H,40,50)(H,41,45)(H,42,48)(H,52,53)/t16-,17-,18-,19-,20-,21-,25-/m0/s1. The van der Waals surface area contributed by atoms with Gasteiger partial charge in [0.15, 0.2) is 0 Å². The number of nitrogens with one attached hydrogen (secondary N) is 8. The Morgan fingerprint density at radius 2 is 0.981 bits per heavy atom. The van der Waals surface area contributed by atoms with E-state index in [1.807, 2.05) is 0 Å². The number of amides is 9. The SMILES string of the molecule is CC(C)C[C@H](NC(=O)CNC(=O)[C@H](C)NC(=O)[C@H](C)NC(=O)CNC(=O)[C@H](CCC(N)=O)NC(=O)[C@H](C)NC(=O)[C@@H](N)C(C)C)C(=O)N[C@@H](C)C(=O)O. The van der Waals surface area contributed by atoms with Crippen molar-refractivity contribution in [2.24, 2.45) is 23.3 Å². The summed E-state index contributed by atoms with van der Waals surface area (Å²) in [5.74, 6) is -8.31. The van der Waals surface area contributed by atoms with Gasteiger partial charge in [-0.2, -0.15) is 0 Å². The number of rotatable bonds is 23. The molecule has 9 amide bonds. The van der Waals surface area contributed by atoms with Crippen molar-refractivity contribution in [3.8, 4) is 0 Å². The molecule has 0 bridgehead atoms. The first kappa shape index (κ1) is 47.7. The van der Waals surface area contributed by atoms with Crippen LogP contribution in [0.3, 0.4) is 0 Å². The third-order valence-electron chi connectivity index (χ3n) is 7.54. The van der Waals surface area contributed by atoms with E-state index in [0.717, 1.165) is 0 Å². The summed E-state index contributed by atoms with van der Waals surface area (Å²) in [4.78, 5) is 123. The lowest BCUT2D eigenvalue weighted by atomic mass is 10.0. The summed E-state index contributed by atoms with van der Waals surface area (Å²) in [6, 6.07) is -7.93. The van der Waals surface area contributed by atoms with Gasteiger partial charge in [0.25, 0.3) is 0 Å². The van der Waals surface area contributed by atoms with E-state index < -0.39 is 115 Å². The summed E-state index contributed by atoms with van der Waals surface area (Å²) in [7, 11) is 0. The van der Waals surface area contributed by atoms with Gasteiger partial charge in [-0.1, -0.05) is 27.7 Å². The van der Waals surface area contributed by atoms with Crippen molar-refractivity contribution in [3.05, 3.63) is 0 Å². The van der Waals surface area contributed by atoms with Crippen LogP contribution in [0, 0.1) is 11.8 Å². The van der Waals surface area contributed by atoms with E-state index in [1.54, 1.807) is 27.7 Å². The van der Waals surface area contributed by atoms with Crippen molar-refractivity contribution >= 4 is 59.1 Å². The molecule has 0 aromatic carbocycles. The molecule has 0 radical (unpaired) electrons. The van der Waals surface area contributed by atoms with Gasteiger partial charge < -0.3 is 59.1 Å². The fourth-order valence-corrected chi connectivity index (χ4v) is 4.23. The van der Waals surface area contributed by atoms with E-state index >= 15 is 0 Å². The molecule has 0 heterocycles. The Labute approximate surface area is 308 Å². The van der Waals surface area contributed by atoms with Crippen molar-refractivity contribution in [2.75, 3.05) is 13.1 Å². The third kappa shape index (κ3) is 19.2. The van der Waals surface area contributed by atoms with Crippen LogP contribution < -0.4 is 54.0 Å². The molecular weight excluding hydrogens is 700 g/mol. The van der Waals surface area contributed by atoms with Crippen LogP contribution in [0.1, 0.15) is 74.7 Å². The first-order chi connectivity index (χ1) is 24.5. The zero-order chi connectivity index (χ0) is 41.2. The van der Waals surface area contributed by atoms with Gasteiger partial charge in [-0.3, -0.25) is 47.9 Å². The predicted molar refractivity (Wildman–Crippen MR) is 189 cm³/mol. The molecule has 0 aliphatic heterocycles. The van der Waals surface area contributed by atoms with E-state index in [1.165, 1.54) is 27.7 Å². The highest BCUT2D eigenvalue weighted by atomic mass is 16.4. The molecule has 21 nitrogen and oxygen atoms in total. The summed E-state index contributed by atoms with van der Waals surface area (Å²) in [5.41, 5.74) is 11.0. The predicted octanol–water partition coefficient (Wildman–Crippen LogP) is -4.41. The maximum Gasteiger partial charge on any atom is 0.325 e. The van der Waals surface area contributed by atoms with E-state index in [-0.39, 0.29) is 31.1 Å². The van der Waals surface area contributed by atoms with Crippen LogP contribution in [0.25, 0.3) is 0 Å². The van der Waals surface area contributed by atoms with Gasteiger partial charge in [-0.15, -0.1) is 0 Å². The quantitative estimate of drug-likeness (QED) is 0.0471. The number of aliphatic carboxylic acids is 1. The first-order valence-corrected chi connectivity index (χ1v) is 17.1. The van der Waals surface area contributed by atoms with Crippen LogP contribution >= 0.6 is 0 Å². The fourth-order valence-electron chi connectivity index (χ4n) is 4.23. The summed E-state index contributed by atoms with van der Waals surface area (Å²) in [5, 5.41) is 27.9. The van der Waals surface area contributed by atoms with Crippen molar-refractivity contribution in [3.63, 3.8) is 0 Å². The summed E-state index contributed by atoms with van der Waals surface area (Å²) < 4.78 is 0. The Bertz CT molecular complexity index is 1360. The average molecular weight is 757 g/mol. The number of carbonyl (C=O) groups excluding carboxylic acids is 9. The van der Waals surface area contributed by atoms with Crippen molar-refractivity contribution in [1.29, 1.82) is 0 Å². The number of carboxylic acids is 1. The van der Waals surface area contributed by atoms with Gasteiger partial charge in [0.2, 0.25) is 53.2 Å². The maximum atomic E-state index is 12.8. The van der Waals surface area contributed by atoms with E-state index in [4.69, 9.17) is 16.6 Å². The monoisotopic (exact) mass is 756 g/mol. The number of carboxylic acid groups (broad SMARTS) is 1. The second kappa shape index (κ2) is 23.3. The molecule has 0 saturated heterocycles. The van der Waals surface area contributed by atoms with Gasteiger partial charge in [-0.05, 0) is 52.4 Å². The van der Waals surface area contributed by atoms with Gasteiger partial charge in [0.1, 0.15) is 36.3 Å². The lowest BCUT2D eigenvalue weighted by molar-refractivity contribution is -0.141. The van der Waals surface area contributed by atoms with E-state index in [0.29, 0.717) is 0 Å². The molecule has 13 N–H and O–H groups in total. The molecule has 0 aromatic rings. The van der Waals surface area contributed by atoms with Gasteiger partial charge in [0.05, 0.1) is 19.1 Å². The summed E-state index contributed by atoms with van der Waals surface area (Å²) in [6.45, 7) is 11.1. The minimum Gasteiger partial charge on any atom is -0.480 e. The summed E-state index contributed by atoms with van der Waals surface area (Å²) >= 11 is 0. The number of nitrogens with two attached hydrogens (primary N) is 2. The molecule has 0 aliphatic rings. The van der Waals surface area contributed by atoms with Crippen LogP contribution in [0.4, 0.5) is 0 Å². The van der Waals surface area contributed by atoms with Crippen LogP contribution in [-0.2, 0) is 47.9 Å². The molecular formula is C32H56N10O11. The minimum absolute atomic E-state index is 0.0433. The molecule has 0 rings (SSSR count). The Balaban J connectivity index is 5.05. The van der Waals surface area contributed by atoms with Gasteiger partial charge in [-0.25, -0.2) is 0 Å². The summed E-state index contributed by atoms with van der Waals surface area (Å²) in [6.07, 6.45) is -0.319. The van der Waals surface area contributed by atoms with E-state index in [2.05, 4.69) is 42.5 Å². The van der Waals surface area contributed by atoms with Crippen LogP contribution in [0.5, 0.6) is 0 Å². The molecule has 0 aromatic heterocycles. The second-order valence-electron chi connectivity index (χ2n) is 13.3. The Kier molecular flexibility index (Phi) is 20.9. The first-order valence-electron chi connectivity index (χ1n) is 17.1. The Morgan fingerprint density at radius 3 is 1.49 bits per heavy atom. The number of hydrogen-bond acceptors (Lipinski definition) is 11. The lowest BCUT2D eigenvalue weighted by Gasteiger charge is -2.23. The normalized spacial score (nSPS) is 14.8. The minimum atomic E-state index is -1.32. The number of carbonyl (C=O) groups is 10. The molecule has 300 valence electrons. The second-order valence-corrected chi connectivity index (χ2v) is 13.3. The number of hydrogen-bond donors (Lipinski definition) is 11. The smallest absolute Gasteiger partial charge is 0.325 e. The number of primary amides is 1. The largest absolute Gasteiger partial charge is 0.480 e. The molecule has 0 spiro atoms. The maximum absolute atomic E-state index is 12.8. The fraction of sp³-hybridized carbons (Fsp3) is 0.688. The zero-order valence-electron chi connectivity index (χ0n) is 31.4. The lowest BCUT2D eigenvalue weighted by Crippen LogP contribution is -2.56. The van der Waals surface area contributed by atoms with Crippen molar-refractivity contribution in [1.82, 2.24) is 42.5 Å². The van der Waals surface area contributed by atoms with Crippen LogP contribution in [-0.4, -0.2) is 120 Å². The zero-order valence-corrected chi connectivity index (χ0v) is 31.4. The van der Waals surface area contributed by atoms with Crippen LogP contribution in [0.15, 0.2) is 0 Å². The molecule has 0 saturated carbocycles. The molecule has 7 atom stereocenters. The molecule has 21 heteroatoms. The highest BCUT2D eigenvalue weighted by Gasteiger charge is 2.29. The van der Waals surface area contributed by atoms with Gasteiger partial charge >= 0.3 is 5.97 Å². The Hall–Kier alpha value is -5.34. The van der Waals surface area contributed by atoms with Gasteiger partial charge in [0, 0.05) is 6.42 Å². The highest BCUT2D eigenvalue weighted by Crippen LogP contribution is 2.06. The third-order valence-corrected chi connectivity index (χ3v) is 7.54. The molecule has 0 fully saturated rings. The van der Waals surface area contributed by atoms with Crippen molar-refractivity contribution in [2.45, 2.75) is 117 Å². The topological polar surface area (TPSA) is 339 Å². The molecule has 53 heavy (non-hydrogen) atoms. The average Bonchev–Trinajstić information content (AvgIpc) is 3.06. The van der Waals surface area contributed by atoms with E-state index in [9.17, 15) is 47.9 Å².